The summed E-state index contributed by atoms with van der Waals surface area (Å²) in [6, 6.07) is 7.80. The van der Waals surface area contributed by atoms with Crippen LogP contribution in [0.4, 0.5) is 0 Å². The number of carbonyl (C=O) groups is 2. The number of carbonyl (C=O) groups excluding carboxylic acids is 2. The van der Waals surface area contributed by atoms with Gasteiger partial charge >= 0.3 is 0 Å². The average molecular weight is 358 g/mol. The summed E-state index contributed by atoms with van der Waals surface area (Å²) in [5.74, 6) is -0.624. The summed E-state index contributed by atoms with van der Waals surface area (Å²) in [5, 5.41) is 6.80. The van der Waals surface area contributed by atoms with Crippen LogP contribution in [0.1, 0.15) is 40.2 Å². The molecule has 6 nitrogen and oxygen atoms in total. The van der Waals surface area contributed by atoms with Crippen molar-refractivity contribution < 1.29 is 9.59 Å². The Morgan fingerprint density at radius 1 is 1.12 bits per heavy atom. The SMILES string of the molecule is CC(C)(C)NC(=O)C(C)(C)C(=O)NC[C@H](N)Cc1c[nH]c2ccccc12. The summed E-state index contributed by atoms with van der Waals surface area (Å²) < 4.78 is 0. The molecule has 0 saturated heterocycles. The Labute approximate surface area is 154 Å². The predicted molar refractivity (Wildman–Crippen MR) is 105 cm³/mol. The lowest BCUT2D eigenvalue weighted by molar-refractivity contribution is -0.142. The maximum Gasteiger partial charge on any atom is 0.235 e. The van der Waals surface area contributed by atoms with Gasteiger partial charge < -0.3 is 21.4 Å². The lowest BCUT2D eigenvalue weighted by Crippen LogP contribution is -2.54. The summed E-state index contributed by atoms with van der Waals surface area (Å²) in [7, 11) is 0. The van der Waals surface area contributed by atoms with Crippen LogP contribution in [0.15, 0.2) is 30.5 Å². The van der Waals surface area contributed by atoms with Gasteiger partial charge in [-0.2, -0.15) is 0 Å². The lowest BCUT2D eigenvalue weighted by Gasteiger charge is -2.29. The molecule has 0 bridgehead atoms. The number of aromatic amines is 1. The van der Waals surface area contributed by atoms with Crippen molar-refractivity contribution >= 4 is 22.7 Å². The molecule has 5 N–H and O–H groups in total. The van der Waals surface area contributed by atoms with Crippen LogP contribution < -0.4 is 16.4 Å². The van der Waals surface area contributed by atoms with Crippen LogP contribution in [0.5, 0.6) is 0 Å². The number of aromatic nitrogens is 1. The van der Waals surface area contributed by atoms with E-state index in [9.17, 15) is 9.59 Å². The predicted octanol–water partition coefficient (Wildman–Crippen LogP) is 2.09. The van der Waals surface area contributed by atoms with E-state index in [0.29, 0.717) is 13.0 Å². The topological polar surface area (TPSA) is 100 Å². The first-order valence-corrected chi connectivity index (χ1v) is 8.92. The maximum absolute atomic E-state index is 12.5. The highest BCUT2D eigenvalue weighted by atomic mass is 16.2. The molecule has 0 aliphatic rings. The van der Waals surface area contributed by atoms with E-state index in [0.717, 1.165) is 16.5 Å². The minimum atomic E-state index is -1.16. The summed E-state index contributed by atoms with van der Waals surface area (Å²) in [6.45, 7) is 9.20. The summed E-state index contributed by atoms with van der Waals surface area (Å²) in [5.41, 5.74) is 6.83. The number of hydrogen-bond acceptors (Lipinski definition) is 3. The first-order chi connectivity index (χ1) is 12.0. The summed E-state index contributed by atoms with van der Waals surface area (Å²) >= 11 is 0. The highest BCUT2D eigenvalue weighted by Gasteiger charge is 2.37. The van der Waals surface area contributed by atoms with Crippen molar-refractivity contribution in [2.24, 2.45) is 11.1 Å². The molecule has 1 aromatic heterocycles. The molecule has 0 radical (unpaired) electrons. The quantitative estimate of drug-likeness (QED) is 0.595. The standard InChI is InChI=1S/C20H30N4O2/c1-19(2,3)24-18(26)20(4,5)17(25)23-12-14(21)10-13-11-22-16-9-7-6-8-15(13)16/h6-9,11,14,22H,10,12,21H2,1-5H3,(H,23,25)(H,24,26)/t14-/m1/s1. The Kier molecular flexibility index (Phi) is 5.76. The van der Waals surface area contributed by atoms with Crippen LogP contribution in [-0.4, -0.2) is 34.9 Å². The van der Waals surface area contributed by atoms with Crippen LogP contribution in [0, 0.1) is 5.41 Å². The molecule has 0 aliphatic carbocycles. The summed E-state index contributed by atoms with van der Waals surface area (Å²) in [4.78, 5) is 28.1. The van der Waals surface area contributed by atoms with Crippen molar-refractivity contribution in [3.63, 3.8) is 0 Å². The summed E-state index contributed by atoms with van der Waals surface area (Å²) in [6.07, 6.45) is 2.59. The number of benzene rings is 1. The highest BCUT2D eigenvalue weighted by molar-refractivity contribution is 6.04. The largest absolute Gasteiger partial charge is 0.361 e. The van der Waals surface area contributed by atoms with Gasteiger partial charge in [0.25, 0.3) is 0 Å². The number of amides is 2. The Morgan fingerprint density at radius 3 is 2.42 bits per heavy atom. The molecule has 0 saturated carbocycles. The Bertz CT molecular complexity index is 786. The fourth-order valence-corrected chi connectivity index (χ4v) is 2.70. The molecule has 0 aliphatic heterocycles. The molecule has 2 rings (SSSR count). The molecule has 6 heteroatoms. The molecule has 0 unspecified atom stereocenters. The van der Waals surface area contributed by atoms with E-state index in [1.54, 1.807) is 13.8 Å². The molecule has 1 aromatic carbocycles. The molecule has 1 heterocycles. The fourth-order valence-electron chi connectivity index (χ4n) is 2.70. The van der Waals surface area contributed by atoms with Crippen molar-refractivity contribution in [3.8, 4) is 0 Å². The van der Waals surface area contributed by atoms with Gasteiger partial charge in [0.05, 0.1) is 0 Å². The monoisotopic (exact) mass is 358 g/mol. The number of rotatable bonds is 6. The first kappa shape index (κ1) is 20.0. The van der Waals surface area contributed by atoms with Crippen LogP contribution in [0.25, 0.3) is 10.9 Å². The fraction of sp³-hybridized carbons (Fsp3) is 0.500. The second-order valence-corrected chi connectivity index (χ2v) is 8.36. The molecular weight excluding hydrogens is 328 g/mol. The zero-order chi connectivity index (χ0) is 19.5. The van der Waals surface area contributed by atoms with Gasteiger partial charge in [0.2, 0.25) is 11.8 Å². The third-order valence-electron chi connectivity index (χ3n) is 4.31. The number of H-pyrrole nitrogens is 1. The van der Waals surface area contributed by atoms with E-state index in [2.05, 4.69) is 15.6 Å². The van der Waals surface area contributed by atoms with Gasteiger partial charge in [0.15, 0.2) is 0 Å². The van der Waals surface area contributed by atoms with Crippen LogP contribution in [0.3, 0.4) is 0 Å². The van der Waals surface area contributed by atoms with E-state index >= 15 is 0 Å². The Balaban J connectivity index is 1.92. The molecule has 0 fully saturated rings. The number of nitrogens with one attached hydrogen (secondary N) is 3. The van der Waals surface area contributed by atoms with Gasteiger partial charge in [-0.3, -0.25) is 9.59 Å². The zero-order valence-corrected chi connectivity index (χ0v) is 16.3. The number of nitrogens with two attached hydrogens (primary N) is 1. The molecule has 2 amide bonds. The third-order valence-corrected chi connectivity index (χ3v) is 4.31. The highest BCUT2D eigenvalue weighted by Crippen LogP contribution is 2.19. The minimum Gasteiger partial charge on any atom is -0.361 e. The van der Waals surface area contributed by atoms with E-state index in [1.165, 1.54) is 0 Å². The van der Waals surface area contributed by atoms with Crippen molar-refractivity contribution in [2.45, 2.75) is 52.6 Å². The zero-order valence-electron chi connectivity index (χ0n) is 16.3. The molecule has 2 aromatic rings. The smallest absolute Gasteiger partial charge is 0.235 e. The van der Waals surface area contributed by atoms with Crippen LogP contribution in [-0.2, 0) is 16.0 Å². The van der Waals surface area contributed by atoms with Gasteiger partial charge in [-0.25, -0.2) is 0 Å². The van der Waals surface area contributed by atoms with Crippen molar-refractivity contribution in [3.05, 3.63) is 36.0 Å². The van der Waals surface area contributed by atoms with Gasteiger partial charge in [-0.1, -0.05) is 18.2 Å². The molecule has 26 heavy (non-hydrogen) atoms. The van der Waals surface area contributed by atoms with Crippen LogP contribution in [0.2, 0.25) is 0 Å². The van der Waals surface area contributed by atoms with Gasteiger partial charge in [0, 0.05) is 35.2 Å². The first-order valence-electron chi connectivity index (χ1n) is 8.92. The normalized spacial score (nSPS) is 13.5. The van der Waals surface area contributed by atoms with E-state index < -0.39 is 5.41 Å². The van der Waals surface area contributed by atoms with Gasteiger partial charge in [0.1, 0.15) is 5.41 Å². The van der Waals surface area contributed by atoms with Crippen LogP contribution >= 0.6 is 0 Å². The van der Waals surface area contributed by atoms with Crippen molar-refractivity contribution in [2.75, 3.05) is 6.54 Å². The van der Waals surface area contributed by atoms with Crippen molar-refractivity contribution in [1.29, 1.82) is 0 Å². The van der Waals surface area contributed by atoms with Gasteiger partial charge in [-0.15, -0.1) is 0 Å². The molecule has 1 atom stereocenters. The lowest BCUT2D eigenvalue weighted by atomic mass is 9.89. The maximum atomic E-state index is 12.5. The Morgan fingerprint density at radius 2 is 1.77 bits per heavy atom. The average Bonchev–Trinajstić information content (AvgIpc) is 2.94. The third kappa shape index (κ3) is 4.85. The molecular formula is C20H30N4O2. The molecule has 142 valence electrons. The van der Waals surface area contributed by atoms with E-state index in [1.807, 2.05) is 51.2 Å². The molecule has 0 spiro atoms. The number of fused-ring (bicyclic) bond motifs is 1. The second kappa shape index (κ2) is 7.50. The van der Waals surface area contributed by atoms with E-state index in [-0.39, 0.29) is 23.4 Å². The number of para-hydroxylation sites is 1. The minimum absolute atomic E-state index is 0.236. The Hall–Kier alpha value is -2.34. The van der Waals surface area contributed by atoms with Crippen molar-refractivity contribution in [1.82, 2.24) is 15.6 Å². The second-order valence-electron chi connectivity index (χ2n) is 8.36. The van der Waals surface area contributed by atoms with Gasteiger partial charge in [-0.05, 0) is 52.7 Å². The number of hydrogen-bond donors (Lipinski definition) is 4. The van der Waals surface area contributed by atoms with E-state index in [4.69, 9.17) is 5.73 Å².